The summed E-state index contributed by atoms with van der Waals surface area (Å²) in [5.74, 6) is 0.0806. The number of carbonyl (C=O) groups is 1. The number of anilines is 1. The fourth-order valence-electron chi connectivity index (χ4n) is 4.02. The lowest BCUT2D eigenvalue weighted by molar-refractivity contribution is -0.116. The Balaban J connectivity index is 1.26. The molecule has 0 atom stereocenters. The summed E-state index contributed by atoms with van der Waals surface area (Å²) in [6.07, 6.45) is 7.52. The number of aryl methyl sites for hydroxylation is 3. The molecule has 2 aliphatic rings. The lowest BCUT2D eigenvalue weighted by atomic mass is 10.1. The molecule has 5 nitrogen and oxygen atoms in total. The molecule has 1 aromatic heterocycles. The molecule has 2 aromatic rings. The van der Waals surface area contributed by atoms with E-state index in [0.717, 1.165) is 43.7 Å². The highest BCUT2D eigenvalue weighted by molar-refractivity contribution is 5.91. The molecule has 0 unspecified atom stereocenters. The first kappa shape index (κ1) is 16.3. The first-order chi connectivity index (χ1) is 12.2. The van der Waals surface area contributed by atoms with Gasteiger partial charge in [0, 0.05) is 30.9 Å². The summed E-state index contributed by atoms with van der Waals surface area (Å²) in [6, 6.07) is 6.32. The molecule has 0 bridgehead atoms. The predicted molar refractivity (Wildman–Crippen MR) is 98.7 cm³/mol. The van der Waals surface area contributed by atoms with Gasteiger partial charge in [-0.25, -0.2) is 0 Å². The van der Waals surface area contributed by atoms with Crippen LogP contribution in [0.4, 0.5) is 5.69 Å². The molecule has 0 fully saturated rings. The van der Waals surface area contributed by atoms with Crippen molar-refractivity contribution in [3.05, 3.63) is 46.3 Å². The first-order valence-electron chi connectivity index (χ1n) is 9.34. The Morgan fingerprint density at radius 2 is 2.04 bits per heavy atom. The second-order valence-corrected chi connectivity index (χ2v) is 7.35. The highest BCUT2D eigenvalue weighted by Crippen LogP contribution is 2.25. The van der Waals surface area contributed by atoms with Crippen LogP contribution in [0.1, 0.15) is 47.3 Å². The molecule has 0 saturated carbocycles. The van der Waals surface area contributed by atoms with Crippen LogP contribution in [0.15, 0.2) is 18.2 Å². The molecule has 25 heavy (non-hydrogen) atoms. The lowest BCUT2D eigenvalue weighted by Crippen LogP contribution is -2.24. The normalized spacial score (nSPS) is 15.4. The maximum atomic E-state index is 12.2. The van der Waals surface area contributed by atoms with Gasteiger partial charge in [0.2, 0.25) is 5.91 Å². The monoisotopic (exact) mass is 338 g/mol. The minimum Gasteiger partial charge on any atom is -0.326 e. The maximum absolute atomic E-state index is 12.2. The van der Waals surface area contributed by atoms with Crippen LogP contribution in [-0.2, 0) is 37.0 Å². The molecule has 5 heteroatoms. The highest BCUT2D eigenvalue weighted by atomic mass is 16.1. The minimum atomic E-state index is 0.0806. The summed E-state index contributed by atoms with van der Waals surface area (Å²) < 4.78 is 0. The average Bonchev–Trinajstić information content (AvgIpc) is 3.30. The van der Waals surface area contributed by atoms with Crippen molar-refractivity contribution in [2.45, 2.75) is 51.5 Å². The molecule has 1 heterocycles. The number of benzene rings is 1. The lowest BCUT2D eigenvalue weighted by Gasteiger charge is -2.16. The van der Waals surface area contributed by atoms with Gasteiger partial charge in [0.25, 0.3) is 0 Å². The largest absolute Gasteiger partial charge is 0.326 e. The second kappa shape index (κ2) is 7.00. The Labute approximate surface area is 148 Å². The number of fused-ring (bicyclic) bond motifs is 2. The molecule has 1 amide bonds. The summed E-state index contributed by atoms with van der Waals surface area (Å²) >= 11 is 0. The van der Waals surface area contributed by atoms with Crippen molar-refractivity contribution in [2.24, 2.45) is 0 Å². The van der Waals surface area contributed by atoms with E-state index in [1.165, 1.54) is 41.6 Å². The van der Waals surface area contributed by atoms with Gasteiger partial charge in [0.05, 0.1) is 5.69 Å². The zero-order chi connectivity index (χ0) is 17.2. The topological polar surface area (TPSA) is 61.0 Å². The van der Waals surface area contributed by atoms with Crippen LogP contribution in [0, 0.1) is 0 Å². The van der Waals surface area contributed by atoms with Crippen LogP contribution < -0.4 is 5.32 Å². The minimum absolute atomic E-state index is 0.0806. The number of hydrogen-bond donors (Lipinski definition) is 2. The molecule has 0 spiro atoms. The Hall–Kier alpha value is -2.14. The van der Waals surface area contributed by atoms with E-state index in [9.17, 15) is 4.79 Å². The summed E-state index contributed by atoms with van der Waals surface area (Å²) in [5.41, 5.74) is 7.60. The first-order valence-corrected chi connectivity index (χ1v) is 9.34. The van der Waals surface area contributed by atoms with Crippen LogP contribution in [-0.4, -0.2) is 34.6 Å². The van der Waals surface area contributed by atoms with Gasteiger partial charge in [0.15, 0.2) is 0 Å². The molecular formula is C20H26N4O. The molecule has 0 saturated heterocycles. The van der Waals surface area contributed by atoms with Crippen LogP contribution in [0.25, 0.3) is 0 Å². The van der Waals surface area contributed by atoms with Gasteiger partial charge in [-0.15, -0.1) is 0 Å². The smallest absolute Gasteiger partial charge is 0.225 e. The van der Waals surface area contributed by atoms with Gasteiger partial charge >= 0.3 is 0 Å². The van der Waals surface area contributed by atoms with Crippen molar-refractivity contribution in [3.63, 3.8) is 0 Å². The van der Waals surface area contributed by atoms with E-state index in [1.54, 1.807) is 0 Å². The predicted octanol–water partition coefficient (Wildman–Crippen LogP) is 2.85. The highest BCUT2D eigenvalue weighted by Gasteiger charge is 2.19. The number of H-pyrrole nitrogens is 1. The van der Waals surface area contributed by atoms with E-state index in [0.29, 0.717) is 6.42 Å². The van der Waals surface area contributed by atoms with Crippen LogP contribution in [0.5, 0.6) is 0 Å². The van der Waals surface area contributed by atoms with Crippen molar-refractivity contribution in [1.29, 1.82) is 0 Å². The molecule has 0 aliphatic heterocycles. The molecule has 4 rings (SSSR count). The zero-order valence-electron chi connectivity index (χ0n) is 14.9. The molecule has 132 valence electrons. The van der Waals surface area contributed by atoms with E-state index < -0.39 is 0 Å². The number of amides is 1. The van der Waals surface area contributed by atoms with E-state index in [4.69, 9.17) is 0 Å². The Kier molecular flexibility index (Phi) is 4.57. The third kappa shape index (κ3) is 3.61. The van der Waals surface area contributed by atoms with E-state index in [1.807, 2.05) is 6.07 Å². The Morgan fingerprint density at radius 1 is 1.20 bits per heavy atom. The summed E-state index contributed by atoms with van der Waals surface area (Å²) in [6.45, 7) is 1.54. The van der Waals surface area contributed by atoms with Crippen molar-refractivity contribution in [1.82, 2.24) is 15.1 Å². The van der Waals surface area contributed by atoms with Gasteiger partial charge < -0.3 is 5.32 Å². The van der Waals surface area contributed by atoms with Gasteiger partial charge in [-0.2, -0.15) is 5.10 Å². The van der Waals surface area contributed by atoms with Crippen LogP contribution in [0.2, 0.25) is 0 Å². The molecule has 2 N–H and O–H groups in total. The van der Waals surface area contributed by atoms with Crippen LogP contribution >= 0.6 is 0 Å². The van der Waals surface area contributed by atoms with Crippen molar-refractivity contribution >= 4 is 11.6 Å². The fourth-order valence-corrected chi connectivity index (χ4v) is 4.02. The SMILES string of the molecule is CN(CCC(=O)Nc1ccc2c(c1)CCC2)Cc1n[nH]c2c1CCC2. The van der Waals surface area contributed by atoms with Gasteiger partial charge in [-0.3, -0.25) is 14.8 Å². The van der Waals surface area contributed by atoms with Crippen molar-refractivity contribution in [3.8, 4) is 0 Å². The fraction of sp³-hybridized carbons (Fsp3) is 0.500. The number of carbonyl (C=O) groups excluding carboxylic acids is 1. The van der Waals surface area contributed by atoms with Crippen molar-refractivity contribution in [2.75, 3.05) is 18.9 Å². The number of aromatic amines is 1. The standard InChI is InChI=1S/C20H26N4O/c1-24(13-19-17-6-3-7-18(17)22-23-19)11-10-20(25)21-16-9-8-14-4-2-5-15(14)12-16/h8-9,12H,2-7,10-11,13H2,1H3,(H,21,25)(H,22,23). The van der Waals surface area contributed by atoms with Gasteiger partial charge in [-0.05, 0) is 74.4 Å². The maximum Gasteiger partial charge on any atom is 0.225 e. The van der Waals surface area contributed by atoms with E-state index >= 15 is 0 Å². The zero-order valence-corrected chi connectivity index (χ0v) is 14.9. The summed E-state index contributed by atoms with van der Waals surface area (Å²) in [7, 11) is 2.05. The molecular weight excluding hydrogens is 312 g/mol. The third-order valence-corrected chi connectivity index (χ3v) is 5.41. The van der Waals surface area contributed by atoms with Crippen molar-refractivity contribution < 1.29 is 4.79 Å². The molecule has 0 radical (unpaired) electrons. The molecule has 2 aliphatic carbocycles. The molecule has 1 aromatic carbocycles. The number of aromatic nitrogens is 2. The van der Waals surface area contributed by atoms with E-state index in [2.05, 4.69) is 39.6 Å². The second-order valence-electron chi connectivity index (χ2n) is 7.35. The van der Waals surface area contributed by atoms with Crippen LogP contribution in [0.3, 0.4) is 0 Å². The Morgan fingerprint density at radius 3 is 2.96 bits per heavy atom. The van der Waals surface area contributed by atoms with E-state index in [-0.39, 0.29) is 5.91 Å². The summed E-state index contributed by atoms with van der Waals surface area (Å²) in [4.78, 5) is 14.4. The van der Waals surface area contributed by atoms with Gasteiger partial charge in [-0.1, -0.05) is 6.07 Å². The number of hydrogen-bond acceptors (Lipinski definition) is 3. The third-order valence-electron chi connectivity index (χ3n) is 5.41. The average molecular weight is 338 g/mol. The van der Waals surface area contributed by atoms with Gasteiger partial charge in [0.1, 0.15) is 0 Å². The number of nitrogens with one attached hydrogen (secondary N) is 2. The summed E-state index contributed by atoms with van der Waals surface area (Å²) in [5, 5.41) is 10.6. The quantitative estimate of drug-likeness (QED) is 0.851. The Bertz CT molecular complexity index is 780. The number of nitrogens with zero attached hydrogens (tertiary/aromatic N) is 2. The number of rotatable bonds is 6.